The number of amides is 2. The molecule has 2 heterocycles. The van der Waals surface area contributed by atoms with Crippen LogP contribution in [0, 0.1) is 4.77 Å². The summed E-state index contributed by atoms with van der Waals surface area (Å²) in [4.78, 5) is 41.5. The molecule has 1 fully saturated rings. The minimum atomic E-state index is -4.72. The number of thiocarbonyl (C=S) groups is 1. The summed E-state index contributed by atoms with van der Waals surface area (Å²) in [5.74, 6) is -2.24. The number of benzene rings is 2. The summed E-state index contributed by atoms with van der Waals surface area (Å²) in [5.41, 5.74) is -1.05. The Balaban J connectivity index is 0.00000323. The first kappa shape index (κ1) is 37.2. The number of anilines is 1. The van der Waals surface area contributed by atoms with E-state index in [9.17, 15) is 37.7 Å². The van der Waals surface area contributed by atoms with E-state index in [2.05, 4.69) is 19.7 Å². The third kappa shape index (κ3) is 8.59. The molecule has 0 aliphatic carbocycles. The monoisotopic (exact) mass is 680 g/mol. The van der Waals surface area contributed by atoms with E-state index in [1.807, 2.05) is 0 Å². The molecule has 0 unspecified atom stereocenters. The number of hydrogen-bond acceptors (Lipinski definition) is 13. The van der Waals surface area contributed by atoms with Crippen LogP contribution in [0.1, 0.15) is 5.56 Å². The number of aromatic nitrogens is 2. The fourth-order valence-electron chi connectivity index (χ4n) is 3.55. The Morgan fingerprint density at radius 2 is 1.58 bits per heavy atom. The molecular weight excluding hydrogens is 667 g/mol. The third-order valence-electron chi connectivity index (χ3n) is 5.38. The van der Waals surface area contributed by atoms with Crippen molar-refractivity contribution in [2.24, 2.45) is 0 Å². The topological polar surface area (TPSA) is 206 Å². The predicted molar refractivity (Wildman–Crippen MR) is 147 cm³/mol. The summed E-state index contributed by atoms with van der Waals surface area (Å²) in [6.45, 7) is 0. The van der Waals surface area contributed by atoms with Gasteiger partial charge >= 0.3 is 59.1 Å². The van der Waals surface area contributed by atoms with Crippen LogP contribution in [0.15, 0.2) is 80.8 Å². The van der Waals surface area contributed by atoms with E-state index in [0.29, 0.717) is 16.9 Å². The molecule has 20 heteroatoms. The Hall–Kier alpha value is -2.01. The Morgan fingerprint density at radius 3 is 2.16 bits per heavy atom. The van der Waals surface area contributed by atoms with Gasteiger partial charge in [0.25, 0.3) is 17.4 Å². The van der Waals surface area contributed by atoms with E-state index in [0.717, 1.165) is 33.8 Å². The minimum Gasteiger partial charge on any atom is -0.744 e. The zero-order valence-electron chi connectivity index (χ0n) is 22.0. The van der Waals surface area contributed by atoms with E-state index < -0.39 is 38.3 Å². The number of allylic oxidation sites excluding steroid dienone is 2. The molecule has 0 bridgehead atoms. The normalized spacial score (nSPS) is 14.4. The van der Waals surface area contributed by atoms with E-state index >= 15 is 0 Å². The third-order valence-corrected chi connectivity index (χ3v) is 7.39. The number of hydrogen-bond donors (Lipinski definition) is 3. The van der Waals surface area contributed by atoms with Crippen molar-refractivity contribution in [3.63, 3.8) is 0 Å². The van der Waals surface area contributed by atoms with Crippen molar-refractivity contribution in [1.29, 1.82) is 0 Å². The number of rotatable bonds is 8. The predicted octanol–water partition coefficient (Wildman–Crippen LogP) is -4.87. The summed E-state index contributed by atoms with van der Waals surface area (Å²) in [6.07, 6.45) is 3.39. The molecule has 0 saturated carbocycles. The van der Waals surface area contributed by atoms with E-state index in [4.69, 9.17) is 24.4 Å². The molecule has 1 saturated heterocycles. The number of aromatic amines is 1. The molecule has 0 radical (unpaired) electrons. The van der Waals surface area contributed by atoms with Crippen molar-refractivity contribution < 1.29 is 101 Å². The molecule has 3 aromatic rings. The quantitative estimate of drug-likeness (QED) is 0.0299. The van der Waals surface area contributed by atoms with Gasteiger partial charge in [-0.25, -0.2) is 8.42 Å². The van der Waals surface area contributed by atoms with Gasteiger partial charge in [0.2, 0.25) is 5.88 Å². The van der Waals surface area contributed by atoms with Crippen molar-refractivity contribution >= 4 is 75.3 Å². The average Bonchev–Trinajstić information content (AvgIpc) is 2.91. The van der Waals surface area contributed by atoms with Crippen LogP contribution >= 0.6 is 36.5 Å². The second kappa shape index (κ2) is 15.8. The van der Waals surface area contributed by atoms with Crippen LogP contribution in [0.25, 0.3) is 11.8 Å². The molecule has 2 aromatic carbocycles. The number of carbonyl (C=O) groups is 2. The SMILES string of the molecule is O=C1NC(=S)N(c2ccc(SOO[O-])cc2)C(=O)/C1=C/C=C/c1c(O)n(-c2ccc(S(=O)(=O)[O-])cc2)c(=S)[nH]c1=O.[Na+].[Na+]. The second-order valence-electron chi connectivity index (χ2n) is 7.83. The maximum atomic E-state index is 13.1. The summed E-state index contributed by atoms with van der Waals surface area (Å²) in [6, 6.07) is 10.4. The van der Waals surface area contributed by atoms with Gasteiger partial charge in [-0.1, -0.05) is 6.08 Å². The van der Waals surface area contributed by atoms with Crippen molar-refractivity contribution in [2.75, 3.05) is 4.90 Å². The molecule has 3 N–H and O–H groups in total. The smallest absolute Gasteiger partial charge is 0.744 e. The largest absolute Gasteiger partial charge is 1.00 e. The van der Waals surface area contributed by atoms with Crippen LogP contribution in [0.5, 0.6) is 5.88 Å². The molecule has 14 nitrogen and oxygen atoms in total. The first-order valence-corrected chi connectivity index (χ1v) is 13.8. The van der Waals surface area contributed by atoms with Crippen LogP contribution < -0.4 is 80.1 Å². The van der Waals surface area contributed by atoms with Crippen LogP contribution in [0.3, 0.4) is 0 Å². The van der Waals surface area contributed by atoms with Gasteiger partial charge in [0.1, 0.15) is 21.3 Å². The maximum absolute atomic E-state index is 13.1. The number of H-pyrrole nitrogens is 1. The minimum absolute atomic E-state index is 0. The van der Waals surface area contributed by atoms with Gasteiger partial charge in [0, 0.05) is 4.90 Å². The number of nitrogens with zero attached hydrogens (tertiary/aromatic N) is 2. The van der Waals surface area contributed by atoms with E-state index in [1.54, 1.807) is 0 Å². The Kier molecular flexibility index (Phi) is 13.7. The Bertz CT molecular complexity index is 1840. The van der Waals surface area contributed by atoms with E-state index in [-0.39, 0.29) is 91.5 Å². The number of aromatic hydroxyl groups is 1. The summed E-state index contributed by atoms with van der Waals surface area (Å²) in [7, 11) is -4.72. The zero-order valence-corrected chi connectivity index (χ0v) is 29.3. The molecule has 1 aliphatic rings. The molecule has 0 atom stereocenters. The van der Waals surface area contributed by atoms with Crippen molar-refractivity contribution in [2.45, 2.75) is 9.79 Å². The van der Waals surface area contributed by atoms with Crippen molar-refractivity contribution in [3.05, 3.63) is 86.9 Å². The fourth-order valence-corrected chi connectivity index (χ4v) is 4.93. The van der Waals surface area contributed by atoms with Gasteiger partial charge in [-0.05, 0) is 85.1 Å². The standard InChI is InChI=1S/C23H16N4O10S4.2Na/c28-18-16(20(30)26(22(38)24-18)12-4-8-14(9-5-12)40-37-36-32)2-1-3-17-19(29)25-23(39)27(21(17)31)13-6-10-15(11-7-13)41(33,34)35;;/h1-11,31-32H,(H,24,28,38)(H,25,29,39)(H,33,34,35);;/q;2*+1/p-2/b3-1+,16-2+;;. The number of carbonyl (C=O) groups excluding carboxylic acids is 2. The molecule has 4 rings (SSSR count). The Labute approximate surface area is 301 Å². The van der Waals surface area contributed by atoms with Gasteiger partial charge in [-0.3, -0.25) is 39.2 Å². The van der Waals surface area contributed by atoms with Gasteiger partial charge < -0.3 is 14.9 Å². The second-order valence-corrected chi connectivity index (χ2v) is 10.8. The van der Waals surface area contributed by atoms with Crippen LogP contribution in [0.4, 0.5) is 5.69 Å². The summed E-state index contributed by atoms with van der Waals surface area (Å²) >= 11 is 10.9. The molecule has 2 amide bonds. The summed E-state index contributed by atoms with van der Waals surface area (Å²) < 4.78 is 38.6. The average molecular weight is 681 g/mol. The zero-order chi connectivity index (χ0) is 29.9. The van der Waals surface area contributed by atoms with Gasteiger partial charge in [0.15, 0.2) is 9.88 Å². The van der Waals surface area contributed by atoms with Crippen molar-refractivity contribution in [1.82, 2.24) is 14.9 Å². The van der Waals surface area contributed by atoms with Crippen LogP contribution in [-0.4, -0.2) is 44.6 Å². The first-order chi connectivity index (χ1) is 19.4. The molecule has 212 valence electrons. The van der Waals surface area contributed by atoms with Crippen LogP contribution in [0.2, 0.25) is 0 Å². The number of nitrogens with one attached hydrogen (secondary N) is 2. The molecule has 0 spiro atoms. The maximum Gasteiger partial charge on any atom is 1.00 e. The molecular formula is C23H14N4Na2O10S4. The van der Waals surface area contributed by atoms with Crippen LogP contribution in [-0.2, 0) is 29.1 Å². The van der Waals surface area contributed by atoms with Crippen molar-refractivity contribution in [3.8, 4) is 11.6 Å². The summed E-state index contributed by atoms with van der Waals surface area (Å²) in [5, 5.41) is 26.3. The molecule has 1 aromatic heterocycles. The molecule has 43 heavy (non-hydrogen) atoms. The Morgan fingerprint density at radius 1 is 0.977 bits per heavy atom. The first-order valence-electron chi connectivity index (χ1n) is 10.9. The molecule has 1 aliphatic heterocycles. The van der Waals surface area contributed by atoms with Gasteiger partial charge in [-0.2, -0.15) is 4.33 Å². The fraction of sp³-hybridized carbons (Fsp3) is 0. The van der Waals surface area contributed by atoms with E-state index in [1.165, 1.54) is 42.5 Å². The van der Waals surface area contributed by atoms with Gasteiger partial charge in [0.05, 0.1) is 28.3 Å². The van der Waals surface area contributed by atoms with Gasteiger partial charge in [-0.15, -0.1) is 0 Å².